The van der Waals surface area contributed by atoms with Gasteiger partial charge in [0.25, 0.3) is 5.88 Å². The number of likely N-dealkylation sites (tertiary alicyclic amines) is 1. The van der Waals surface area contributed by atoms with Gasteiger partial charge in [-0.05, 0) is 38.4 Å². The van der Waals surface area contributed by atoms with Gasteiger partial charge in [0.05, 0.1) is 17.9 Å². The van der Waals surface area contributed by atoms with Gasteiger partial charge in [-0.3, -0.25) is 4.90 Å². The summed E-state index contributed by atoms with van der Waals surface area (Å²) >= 11 is 0. The molecule has 0 radical (unpaired) electrons. The third kappa shape index (κ3) is 3.67. The number of rotatable bonds is 4. The van der Waals surface area contributed by atoms with Crippen molar-refractivity contribution in [3.8, 4) is 5.88 Å². The van der Waals surface area contributed by atoms with Crippen molar-refractivity contribution < 1.29 is 18.4 Å². The van der Waals surface area contributed by atoms with E-state index in [-0.39, 0.29) is 17.6 Å². The molecule has 0 unspecified atom stereocenters. The summed E-state index contributed by atoms with van der Waals surface area (Å²) < 4.78 is 30.7. The highest BCUT2D eigenvalue weighted by Gasteiger charge is 2.44. The summed E-state index contributed by atoms with van der Waals surface area (Å²) in [4.78, 5) is 6.30. The van der Waals surface area contributed by atoms with Crippen molar-refractivity contribution in [2.45, 2.75) is 44.4 Å². The van der Waals surface area contributed by atoms with E-state index in [0.717, 1.165) is 50.4 Å². The fourth-order valence-corrected chi connectivity index (χ4v) is 3.83. The smallest absolute Gasteiger partial charge is 0.250 e. The molecule has 2 aliphatic rings. The average molecular weight is 347 g/mol. The second-order valence-electron chi connectivity index (χ2n) is 6.97. The Labute approximate surface area is 145 Å². The van der Waals surface area contributed by atoms with Gasteiger partial charge in [-0.15, -0.1) is 0 Å². The number of pyridine rings is 1. The van der Waals surface area contributed by atoms with E-state index < -0.39 is 5.82 Å². The summed E-state index contributed by atoms with van der Waals surface area (Å²) in [5.74, 6) is 0.443. The molecule has 134 valence electrons. The monoisotopic (exact) mass is 347 g/mol. The fraction of sp³-hybridized carbons (Fsp3) is 0.556. The Morgan fingerprint density at radius 3 is 3.20 bits per heavy atom. The van der Waals surface area contributed by atoms with Crippen LogP contribution in [-0.2, 0) is 11.3 Å². The lowest BCUT2D eigenvalue weighted by molar-refractivity contribution is -0.0542. The van der Waals surface area contributed by atoms with Crippen LogP contribution in [0.5, 0.6) is 5.88 Å². The Bertz CT molecular complexity index is 738. The molecule has 0 aliphatic carbocycles. The molecule has 6 nitrogen and oxygen atoms in total. The summed E-state index contributed by atoms with van der Waals surface area (Å²) in [6, 6.07) is 4.88. The van der Waals surface area contributed by atoms with E-state index in [1.807, 2.05) is 13.0 Å². The van der Waals surface area contributed by atoms with E-state index in [0.29, 0.717) is 6.61 Å². The van der Waals surface area contributed by atoms with Gasteiger partial charge < -0.3 is 14.0 Å². The van der Waals surface area contributed by atoms with Crippen LogP contribution in [0.15, 0.2) is 28.9 Å². The van der Waals surface area contributed by atoms with Crippen LogP contribution in [0.1, 0.15) is 30.7 Å². The van der Waals surface area contributed by atoms with E-state index in [2.05, 4.69) is 15.0 Å². The number of aryl methyl sites for hydroxylation is 1. The molecule has 0 N–H and O–H groups in total. The van der Waals surface area contributed by atoms with Crippen LogP contribution in [-0.4, -0.2) is 46.4 Å². The van der Waals surface area contributed by atoms with Crippen molar-refractivity contribution in [1.29, 1.82) is 0 Å². The van der Waals surface area contributed by atoms with Crippen molar-refractivity contribution in [3.63, 3.8) is 0 Å². The zero-order chi connectivity index (χ0) is 17.3. The standard InChI is InChI=1S/C18H22FN3O3/c1-13-8-14(21-25-13)10-22-7-3-5-18(12-22)9-15(11-23-18)24-17-16(19)4-2-6-20-17/h2,4,6,8,15H,3,5,7,9-12H2,1H3/t15-,18-/m0/s1. The van der Waals surface area contributed by atoms with E-state index in [9.17, 15) is 4.39 Å². The van der Waals surface area contributed by atoms with Gasteiger partial charge in [-0.1, -0.05) is 5.16 Å². The van der Waals surface area contributed by atoms with Crippen LogP contribution in [0.3, 0.4) is 0 Å². The lowest BCUT2D eigenvalue weighted by atomic mass is 9.89. The zero-order valence-corrected chi connectivity index (χ0v) is 14.3. The van der Waals surface area contributed by atoms with Crippen molar-refractivity contribution >= 4 is 0 Å². The molecule has 0 aromatic carbocycles. The van der Waals surface area contributed by atoms with Gasteiger partial charge in [0.1, 0.15) is 11.9 Å². The van der Waals surface area contributed by atoms with Crippen LogP contribution < -0.4 is 4.74 Å². The minimum Gasteiger partial charge on any atom is -0.470 e. The Balaban J connectivity index is 1.38. The predicted molar refractivity (Wildman–Crippen MR) is 87.7 cm³/mol. The number of piperidine rings is 1. The van der Waals surface area contributed by atoms with Crippen molar-refractivity contribution in [1.82, 2.24) is 15.0 Å². The summed E-state index contributed by atoms with van der Waals surface area (Å²) in [7, 11) is 0. The largest absolute Gasteiger partial charge is 0.470 e. The minimum absolute atomic E-state index is 0.0545. The molecule has 0 saturated carbocycles. The lowest BCUT2D eigenvalue weighted by Crippen LogP contribution is -2.47. The molecule has 0 amide bonds. The Morgan fingerprint density at radius 1 is 1.48 bits per heavy atom. The number of nitrogens with zero attached hydrogens (tertiary/aromatic N) is 3. The number of hydrogen-bond donors (Lipinski definition) is 0. The van der Waals surface area contributed by atoms with E-state index >= 15 is 0 Å². The van der Waals surface area contributed by atoms with Crippen LogP contribution in [0.2, 0.25) is 0 Å². The molecule has 2 fully saturated rings. The highest BCUT2D eigenvalue weighted by Crippen LogP contribution is 2.36. The third-order valence-electron chi connectivity index (χ3n) is 4.86. The van der Waals surface area contributed by atoms with E-state index in [1.54, 1.807) is 6.07 Å². The third-order valence-corrected chi connectivity index (χ3v) is 4.86. The lowest BCUT2D eigenvalue weighted by Gasteiger charge is -2.39. The van der Waals surface area contributed by atoms with Gasteiger partial charge in [-0.2, -0.15) is 0 Å². The molecule has 25 heavy (non-hydrogen) atoms. The Hall–Kier alpha value is -1.99. The summed E-state index contributed by atoms with van der Waals surface area (Å²) in [6.07, 6.45) is 4.16. The second kappa shape index (κ2) is 6.72. The van der Waals surface area contributed by atoms with Crippen LogP contribution in [0.25, 0.3) is 0 Å². The molecular weight excluding hydrogens is 325 g/mol. The molecule has 2 aromatic heterocycles. The normalized spacial score (nSPS) is 27.0. The SMILES string of the molecule is Cc1cc(CN2CCC[C@]3(C[C@H](Oc4ncccc4F)CO3)C2)no1. The summed E-state index contributed by atoms with van der Waals surface area (Å²) in [5.41, 5.74) is 0.711. The highest BCUT2D eigenvalue weighted by molar-refractivity contribution is 5.14. The molecule has 2 aromatic rings. The molecule has 4 heterocycles. The van der Waals surface area contributed by atoms with Gasteiger partial charge >= 0.3 is 0 Å². The van der Waals surface area contributed by atoms with Crippen molar-refractivity contribution in [2.75, 3.05) is 19.7 Å². The number of aromatic nitrogens is 2. The van der Waals surface area contributed by atoms with Gasteiger partial charge in [0.15, 0.2) is 5.82 Å². The molecular formula is C18H22FN3O3. The van der Waals surface area contributed by atoms with Crippen LogP contribution in [0.4, 0.5) is 4.39 Å². The first kappa shape index (κ1) is 16.5. The van der Waals surface area contributed by atoms with Gasteiger partial charge in [0.2, 0.25) is 0 Å². The molecule has 2 saturated heterocycles. The average Bonchev–Trinajstić information content (AvgIpc) is 3.16. The maximum atomic E-state index is 13.7. The molecule has 2 aliphatic heterocycles. The van der Waals surface area contributed by atoms with Crippen molar-refractivity contribution in [3.05, 3.63) is 41.7 Å². The molecule has 7 heteroatoms. The molecule has 0 bridgehead atoms. The number of halogens is 1. The zero-order valence-electron chi connectivity index (χ0n) is 14.3. The first-order valence-electron chi connectivity index (χ1n) is 8.68. The summed E-state index contributed by atoms with van der Waals surface area (Å²) in [6.45, 7) is 4.95. The maximum Gasteiger partial charge on any atom is 0.250 e. The van der Waals surface area contributed by atoms with E-state index in [1.165, 1.54) is 12.3 Å². The molecule has 1 spiro atoms. The van der Waals surface area contributed by atoms with Crippen molar-refractivity contribution in [2.24, 2.45) is 0 Å². The molecule has 2 atom stereocenters. The Morgan fingerprint density at radius 2 is 2.40 bits per heavy atom. The number of hydrogen-bond acceptors (Lipinski definition) is 6. The van der Waals surface area contributed by atoms with Crippen LogP contribution in [0, 0.1) is 12.7 Å². The maximum absolute atomic E-state index is 13.7. The molecule has 4 rings (SSSR count). The quantitative estimate of drug-likeness (QED) is 0.847. The number of ether oxygens (including phenoxy) is 2. The first-order chi connectivity index (χ1) is 12.1. The minimum atomic E-state index is -0.435. The first-order valence-corrected chi connectivity index (χ1v) is 8.68. The fourth-order valence-electron chi connectivity index (χ4n) is 3.83. The Kier molecular flexibility index (Phi) is 4.43. The second-order valence-corrected chi connectivity index (χ2v) is 6.97. The van der Waals surface area contributed by atoms with Gasteiger partial charge in [0, 0.05) is 31.8 Å². The predicted octanol–water partition coefficient (Wildman–Crippen LogP) is 2.72. The van der Waals surface area contributed by atoms with E-state index in [4.69, 9.17) is 14.0 Å². The highest BCUT2D eigenvalue weighted by atomic mass is 19.1. The van der Waals surface area contributed by atoms with Gasteiger partial charge in [-0.25, -0.2) is 9.37 Å². The topological polar surface area (TPSA) is 60.6 Å². The summed E-state index contributed by atoms with van der Waals surface area (Å²) in [5, 5.41) is 4.07. The van der Waals surface area contributed by atoms with Crippen LogP contribution >= 0.6 is 0 Å².